The van der Waals surface area contributed by atoms with Gasteiger partial charge in [0.1, 0.15) is 0 Å². The van der Waals surface area contributed by atoms with E-state index in [0.717, 1.165) is 0 Å². The molecule has 0 atom stereocenters. The second kappa shape index (κ2) is 4.71. The minimum Gasteiger partial charge on any atom is -0.380 e. The molecule has 80 valence electrons. The van der Waals surface area contributed by atoms with E-state index in [9.17, 15) is 14.4 Å². The van der Waals surface area contributed by atoms with Crippen molar-refractivity contribution in [2.75, 3.05) is 0 Å². The molecule has 0 bridgehead atoms. The van der Waals surface area contributed by atoms with Gasteiger partial charge in [0.2, 0.25) is 0 Å². The van der Waals surface area contributed by atoms with Crippen molar-refractivity contribution in [1.29, 1.82) is 0 Å². The van der Waals surface area contributed by atoms with Gasteiger partial charge in [-0.15, -0.1) is 9.97 Å². The van der Waals surface area contributed by atoms with E-state index in [-0.39, 0.29) is 0 Å². The summed E-state index contributed by atoms with van der Waals surface area (Å²) in [6, 6.07) is -1.23. The van der Waals surface area contributed by atoms with Gasteiger partial charge in [-0.25, -0.2) is 14.4 Å². The van der Waals surface area contributed by atoms with Crippen LogP contribution in [0.5, 0.6) is 12.0 Å². The number of aromatic amines is 1. The Hall–Kier alpha value is -1.67. The van der Waals surface area contributed by atoms with Gasteiger partial charge in [0.05, 0.1) is 0 Å². The molecule has 0 fully saturated rings. The quantitative estimate of drug-likeness (QED) is 0.770. The Bertz CT molecular complexity index is 421. The number of carbonyl (C=O) groups is 2. The zero-order valence-corrected chi connectivity index (χ0v) is 8.20. The second-order valence-corrected chi connectivity index (χ2v) is 2.54. The van der Waals surface area contributed by atoms with Crippen LogP contribution in [0.1, 0.15) is 0 Å². The van der Waals surface area contributed by atoms with Crippen molar-refractivity contribution in [2.45, 2.75) is 0 Å². The Morgan fingerprint density at radius 1 is 1.13 bits per heavy atom. The van der Waals surface area contributed by atoms with Crippen molar-refractivity contribution < 1.29 is 19.1 Å². The third kappa shape index (κ3) is 3.92. The third-order valence-corrected chi connectivity index (χ3v) is 1.11. The van der Waals surface area contributed by atoms with Gasteiger partial charge in [0.15, 0.2) is 0 Å². The number of H-pyrrole nitrogens is 1. The average Bonchev–Trinajstić information content (AvgIpc) is 1.98. The largest absolute Gasteiger partial charge is 0.411 e. The number of ether oxygens (including phenoxy) is 2. The smallest absolute Gasteiger partial charge is 0.380 e. The van der Waals surface area contributed by atoms with Crippen LogP contribution in [0.25, 0.3) is 0 Å². The summed E-state index contributed by atoms with van der Waals surface area (Å²) < 4.78 is 8.37. The molecular weight excluding hydrogens is 253 g/mol. The van der Waals surface area contributed by atoms with Crippen LogP contribution in [-0.4, -0.2) is 25.8 Å². The van der Waals surface area contributed by atoms with E-state index in [1.54, 1.807) is 0 Å². The lowest BCUT2D eigenvalue weighted by Crippen LogP contribution is -2.17. The second-order valence-electron chi connectivity index (χ2n) is 1.92. The molecule has 1 rings (SSSR count). The fourth-order valence-electron chi connectivity index (χ4n) is 0.588. The summed E-state index contributed by atoms with van der Waals surface area (Å²) in [4.78, 5) is 39.7. The van der Waals surface area contributed by atoms with E-state index in [1.165, 1.54) is 0 Å². The molecule has 8 nitrogen and oxygen atoms in total. The Balaban J connectivity index is 2.99. The highest BCUT2D eigenvalue weighted by Gasteiger charge is 2.10. The summed E-state index contributed by atoms with van der Waals surface area (Å²) in [5, 5.41) is 0. The molecule has 10 heteroatoms. The molecule has 0 amide bonds. The summed E-state index contributed by atoms with van der Waals surface area (Å²) in [5.41, 5.74) is -3.43. The lowest BCUT2D eigenvalue weighted by Gasteiger charge is -1.99. The molecule has 1 aromatic rings. The number of hydrogen-bond donors (Lipinski definition) is 1. The molecule has 0 radical (unpaired) electrons. The van der Waals surface area contributed by atoms with Crippen molar-refractivity contribution >= 4 is 34.1 Å². The molecular formula is C5HCl2N3O5. The van der Waals surface area contributed by atoms with Gasteiger partial charge in [0, 0.05) is 23.2 Å². The monoisotopic (exact) mass is 253 g/mol. The van der Waals surface area contributed by atoms with Crippen LogP contribution in [0.15, 0.2) is 4.79 Å². The number of aromatic nitrogens is 3. The highest BCUT2D eigenvalue weighted by molar-refractivity contribution is 6.61. The summed E-state index contributed by atoms with van der Waals surface area (Å²) in [6.45, 7) is 0. The van der Waals surface area contributed by atoms with E-state index in [1.807, 2.05) is 4.98 Å². The number of nitrogens with one attached hydrogen (secondary N) is 1. The van der Waals surface area contributed by atoms with Crippen LogP contribution in [0, 0.1) is 0 Å². The van der Waals surface area contributed by atoms with Crippen molar-refractivity contribution in [2.24, 2.45) is 0 Å². The zero-order valence-electron chi connectivity index (χ0n) is 6.69. The number of rotatable bonds is 2. The topological polar surface area (TPSA) is 111 Å². The van der Waals surface area contributed by atoms with Gasteiger partial charge >= 0.3 is 28.6 Å². The summed E-state index contributed by atoms with van der Waals surface area (Å²) in [5.74, 6) is 0. The van der Waals surface area contributed by atoms with E-state index < -0.39 is 28.6 Å². The fraction of sp³-hybridized carbons (Fsp3) is 0. The number of halogens is 2. The Morgan fingerprint density at radius 3 is 2.27 bits per heavy atom. The highest BCUT2D eigenvalue weighted by Crippen LogP contribution is 2.06. The van der Waals surface area contributed by atoms with Crippen LogP contribution < -0.4 is 15.2 Å². The Morgan fingerprint density at radius 2 is 1.73 bits per heavy atom. The van der Waals surface area contributed by atoms with Gasteiger partial charge in [-0.2, -0.15) is 0 Å². The molecule has 0 saturated carbocycles. The Labute approximate surface area is 91.1 Å². The minimum atomic E-state index is -1.25. The van der Waals surface area contributed by atoms with E-state index in [2.05, 4.69) is 19.4 Å². The van der Waals surface area contributed by atoms with Crippen LogP contribution in [0.2, 0.25) is 0 Å². The first kappa shape index (κ1) is 11.4. The fourth-order valence-corrected chi connectivity index (χ4v) is 0.730. The normalized spacial score (nSPS) is 9.47. The predicted octanol–water partition coefficient (Wildman–Crippen LogP) is 0.640. The lowest BCUT2D eigenvalue weighted by molar-refractivity contribution is 0.216. The summed E-state index contributed by atoms with van der Waals surface area (Å²) >= 11 is 9.68. The molecule has 0 spiro atoms. The van der Waals surface area contributed by atoms with Gasteiger partial charge in [-0.05, 0) is 0 Å². The van der Waals surface area contributed by atoms with Gasteiger partial charge < -0.3 is 9.47 Å². The number of hydrogen-bond acceptors (Lipinski definition) is 7. The predicted molar refractivity (Wildman–Crippen MR) is 46.4 cm³/mol. The molecule has 1 aromatic heterocycles. The van der Waals surface area contributed by atoms with Crippen LogP contribution >= 0.6 is 23.2 Å². The number of nitrogens with zero attached hydrogens (tertiary/aromatic N) is 2. The molecule has 0 saturated heterocycles. The van der Waals surface area contributed by atoms with E-state index in [4.69, 9.17) is 23.2 Å². The van der Waals surface area contributed by atoms with Crippen LogP contribution in [0.4, 0.5) is 9.59 Å². The molecule has 0 aliphatic carbocycles. The van der Waals surface area contributed by atoms with Crippen molar-refractivity contribution in [3.05, 3.63) is 10.5 Å². The van der Waals surface area contributed by atoms with Crippen molar-refractivity contribution in [1.82, 2.24) is 15.0 Å². The standard InChI is InChI=1S/C5HCl2N3O5/c6-1(11)14-4-8-3(13)9-5(10-4)15-2(7)12/h(H,8,9,10,13). The maximum Gasteiger partial charge on any atom is 0.411 e. The van der Waals surface area contributed by atoms with E-state index in [0.29, 0.717) is 0 Å². The summed E-state index contributed by atoms with van der Waals surface area (Å²) in [7, 11) is 0. The zero-order chi connectivity index (χ0) is 11.4. The highest BCUT2D eigenvalue weighted by atomic mass is 35.5. The maximum atomic E-state index is 10.8. The van der Waals surface area contributed by atoms with Crippen LogP contribution in [-0.2, 0) is 0 Å². The van der Waals surface area contributed by atoms with Crippen molar-refractivity contribution in [3.8, 4) is 12.0 Å². The molecule has 0 aliphatic rings. The van der Waals surface area contributed by atoms with Gasteiger partial charge in [0.25, 0.3) is 0 Å². The van der Waals surface area contributed by atoms with E-state index >= 15 is 0 Å². The molecule has 15 heavy (non-hydrogen) atoms. The van der Waals surface area contributed by atoms with Gasteiger partial charge in [-0.1, -0.05) is 0 Å². The third-order valence-electron chi connectivity index (χ3n) is 0.957. The molecule has 0 aliphatic heterocycles. The van der Waals surface area contributed by atoms with Crippen LogP contribution in [0.3, 0.4) is 0 Å². The molecule has 1 heterocycles. The average molecular weight is 254 g/mol. The lowest BCUT2D eigenvalue weighted by atomic mass is 10.9. The molecule has 0 aromatic carbocycles. The molecule has 0 unspecified atom stereocenters. The SMILES string of the molecule is O=C(Cl)Oc1nc(OC(=O)Cl)[nH]c(=O)n1. The maximum absolute atomic E-state index is 10.8. The molecule has 1 N–H and O–H groups in total. The first-order chi connectivity index (χ1) is 6.97. The summed E-state index contributed by atoms with van der Waals surface area (Å²) in [6.07, 6.45) is 0. The minimum absolute atomic E-state index is 0.567. The van der Waals surface area contributed by atoms with Gasteiger partial charge in [-0.3, -0.25) is 4.98 Å². The number of carbonyl (C=O) groups excluding carboxylic acids is 2. The van der Waals surface area contributed by atoms with Crippen molar-refractivity contribution in [3.63, 3.8) is 0 Å². The first-order valence-electron chi connectivity index (χ1n) is 3.20. The first-order valence-corrected chi connectivity index (χ1v) is 3.96. The Kier molecular flexibility index (Phi) is 3.58.